The van der Waals surface area contributed by atoms with Crippen LogP contribution in [0.4, 0.5) is 0 Å². The maximum Gasteiger partial charge on any atom is 0.233 e. The van der Waals surface area contributed by atoms with E-state index in [0.29, 0.717) is 22.5 Å². The fraction of sp³-hybridized carbons (Fsp3) is 0.250. The first-order valence-corrected chi connectivity index (χ1v) is 9.88. The van der Waals surface area contributed by atoms with Crippen molar-refractivity contribution in [1.82, 2.24) is 19.7 Å². The van der Waals surface area contributed by atoms with E-state index >= 15 is 0 Å². The lowest BCUT2D eigenvalue weighted by Gasteiger charge is -2.17. The molecule has 140 valence electrons. The summed E-state index contributed by atoms with van der Waals surface area (Å²) in [7, 11) is 3.71. The summed E-state index contributed by atoms with van der Waals surface area (Å²) in [6.45, 7) is 2.64. The molecule has 5 nitrogen and oxygen atoms in total. The van der Waals surface area contributed by atoms with Crippen molar-refractivity contribution in [2.24, 2.45) is 7.05 Å². The van der Waals surface area contributed by atoms with E-state index < -0.39 is 0 Å². The average Bonchev–Trinajstić information content (AvgIpc) is 3.03. The van der Waals surface area contributed by atoms with Gasteiger partial charge in [0.25, 0.3) is 0 Å². The molecule has 7 heteroatoms. The Kier molecular flexibility index (Phi) is 6.19. The van der Waals surface area contributed by atoms with Crippen LogP contribution in [0.15, 0.2) is 53.7 Å². The zero-order valence-electron chi connectivity index (χ0n) is 15.5. The van der Waals surface area contributed by atoms with Gasteiger partial charge in [-0.1, -0.05) is 53.2 Å². The van der Waals surface area contributed by atoms with Crippen molar-refractivity contribution in [2.75, 3.05) is 12.8 Å². The summed E-state index contributed by atoms with van der Waals surface area (Å²) >= 11 is 7.32. The second kappa shape index (κ2) is 8.59. The van der Waals surface area contributed by atoms with Crippen LogP contribution >= 0.6 is 23.4 Å². The lowest BCUT2D eigenvalue weighted by Crippen LogP contribution is -2.27. The van der Waals surface area contributed by atoms with Gasteiger partial charge in [0.15, 0.2) is 11.0 Å². The van der Waals surface area contributed by atoms with E-state index in [-0.39, 0.29) is 5.91 Å². The van der Waals surface area contributed by atoms with E-state index in [9.17, 15) is 4.79 Å². The molecule has 0 saturated carbocycles. The summed E-state index contributed by atoms with van der Waals surface area (Å²) in [5.41, 5.74) is 3.26. The molecule has 0 bridgehead atoms. The number of benzene rings is 2. The van der Waals surface area contributed by atoms with Gasteiger partial charge in [0, 0.05) is 31.2 Å². The third-order valence-corrected chi connectivity index (χ3v) is 5.49. The molecule has 0 aliphatic carbocycles. The van der Waals surface area contributed by atoms with Gasteiger partial charge >= 0.3 is 0 Å². The van der Waals surface area contributed by atoms with Crippen LogP contribution in [0, 0.1) is 6.92 Å². The second-order valence-electron chi connectivity index (χ2n) is 6.40. The van der Waals surface area contributed by atoms with E-state index in [1.165, 1.54) is 17.3 Å². The number of amides is 1. The van der Waals surface area contributed by atoms with Gasteiger partial charge in [-0.3, -0.25) is 4.79 Å². The molecule has 0 spiro atoms. The zero-order valence-corrected chi connectivity index (χ0v) is 17.1. The van der Waals surface area contributed by atoms with Gasteiger partial charge in [0.05, 0.1) is 5.75 Å². The summed E-state index contributed by atoms with van der Waals surface area (Å²) in [5, 5.41) is 9.83. The number of rotatable bonds is 6. The molecule has 0 aliphatic heterocycles. The minimum Gasteiger partial charge on any atom is -0.341 e. The van der Waals surface area contributed by atoms with Crippen LogP contribution in [0.5, 0.6) is 0 Å². The first-order chi connectivity index (χ1) is 12.9. The molecule has 0 aliphatic rings. The van der Waals surface area contributed by atoms with Crippen LogP contribution in [-0.4, -0.2) is 38.4 Å². The van der Waals surface area contributed by atoms with Crippen LogP contribution in [0.25, 0.3) is 11.4 Å². The van der Waals surface area contributed by atoms with E-state index in [2.05, 4.69) is 29.3 Å². The van der Waals surface area contributed by atoms with Gasteiger partial charge in [-0.2, -0.15) is 0 Å². The van der Waals surface area contributed by atoms with Crippen molar-refractivity contribution < 1.29 is 4.79 Å². The fourth-order valence-electron chi connectivity index (χ4n) is 2.58. The summed E-state index contributed by atoms with van der Waals surface area (Å²) in [4.78, 5) is 14.2. The number of thioether (sulfide) groups is 1. The normalized spacial score (nSPS) is 10.8. The molecule has 0 saturated heterocycles. The van der Waals surface area contributed by atoms with Crippen LogP contribution in [-0.2, 0) is 18.4 Å². The Morgan fingerprint density at radius 1 is 1.11 bits per heavy atom. The molecule has 3 rings (SSSR count). The first-order valence-electron chi connectivity index (χ1n) is 8.51. The van der Waals surface area contributed by atoms with Gasteiger partial charge in [-0.05, 0) is 36.8 Å². The number of aromatic nitrogens is 3. The standard InChI is InChI=1S/C20H21ClN4OS/c1-14-4-6-15(7-5-14)12-24(2)18(26)13-27-20-23-22-19(25(20)3)16-8-10-17(21)11-9-16/h4-11H,12-13H2,1-3H3. The molecule has 1 amide bonds. The smallest absolute Gasteiger partial charge is 0.233 e. The molecule has 0 N–H and O–H groups in total. The molecule has 27 heavy (non-hydrogen) atoms. The minimum absolute atomic E-state index is 0.0524. The zero-order chi connectivity index (χ0) is 19.4. The largest absolute Gasteiger partial charge is 0.341 e. The number of hydrogen-bond acceptors (Lipinski definition) is 4. The predicted molar refractivity (Wildman–Crippen MR) is 110 cm³/mol. The Morgan fingerprint density at radius 3 is 2.44 bits per heavy atom. The third kappa shape index (κ3) is 4.90. The number of carbonyl (C=O) groups is 1. The molecule has 0 unspecified atom stereocenters. The minimum atomic E-state index is 0.0524. The van der Waals surface area contributed by atoms with Crippen molar-refractivity contribution >= 4 is 29.3 Å². The lowest BCUT2D eigenvalue weighted by atomic mass is 10.1. The second-order valence-corrected chi connectivity index (χ2v) is 7.78. The highest BCUT2D eigenvalue weighted by Crippen LogP contribution is 2.24. The Balaban J connectivity index is 1.60. The summed E-state index contributed by atoms with van der Waals surface area (Å²) < 4.78 is 1.89. The predicted octanol–water partition coefficient (Wildman–Crippen LogP) is 4.19. The van der Waals surface area contributed by atoms with Crippen molar-refractivity contribution in [2.45, 2.75) is 18.6 Å². The van der Waals surface area contributed by atoms with Crippen molar-refractivity contribution in [3.05, 3.63) is 64.7 Å². The number of aryl methyl sites for hydroxylation is 1. The highest BCUT2D eigenvalue weighted by Gasteiger charge is 2.15. The van der Waals surface area contributed by atoms with Gasteiger partial charge in [-0.15, -0.1) is 10.2 Å². The van der Waals surface area contributed by atoms with Crippen molar-refractivity contribution in [1.29, 1.82) is 0 Å². The summed E-state index contributed by atoms with van der Waals surface area (Å²) in [6.07, 6.45) is 0. The maximum absolute atomic E-state index is 12.4. The van der Waals surface area contributed by atoms with Crippen LogP contribution in [0.1, 0.15) is 11.1 Å². The molecule has 2 aromatic carbocycles. The SMILES string of the molecule is Cc1ccc(CN(C)C(=O)CSc2nnc(-c3ccc(Cl)cc3)n2C)cc1. The average molecular weight is 401 g/mol. The highest BCUT2D eigenvalue weighted by molar-refractivity contribution is 7.99. The molecule has 0 radical (unpaired) electrons. The van der Waals surface area contributed by atoms with Crippen LogP contribution in [0.3, 0.4) is 0 Å². The van der Waals surface area contributed by atoms with Gasteiger partial charge in [-0.25, -0.2) is 0 Å². The van der Waals surface area contributed by atoms with E-state index in [1.807, 2.05) is 55.1 Å². The first kappa shape index (κ1) is 19.5. The van der Waals surface area contributed by atoms with E-state index in [0.717, 1.165) is 17.0 Å². The molecule has 1 aromatic heterocycles. The number of carbonyl (C=O) groups excluding carboxylic acids is 1. The molecule has 0 atom stereocenters. The monoisotopic (exact) mass is 400 g/mol. The summed E-state index contributed by atoms with van der Waals surface area (Å²) in [6, 6.07) is 15.7. The Hall–Kier alpha value is -2.31. The molecule has 0 fully saturated rings. The lowest BCUT2D eigenvalue weighted by molar-refractivity contribution is -0.127. The van der Waals surface area contributed by atoms with Crippen LogP contribution in [0.2, 0.25) is 5.02 Å². The molecule has 1 heterocycles. The van der Waals surface area contributed by atoms with E-state index in [1.54, 1.807) is 4.90 Å². The van der Waals surface area contributed by atoms with Crippen LogP contribution < -0.4 is 0 Å². The molecular weight excluding hydrogens is 380 g/mol. The Labute approximate surface area is 168 Å². The summed E-state index contributed by atoms with van der Waals surface area (Å²) in [5.74, 6) is 1.11. The highest BCUT2D eigenvalue weighted by atomic mass is 35.5. The Morgan fingerprint density at radius 2 is 1.78 bits per heavy atom. The molecular formula is C20H21ClN4OS. The fourth-order valence-corrected chi connectivity index (χ4v) is 3.56. The third-order valence-electron chi connectivity index (χ3n) is 4.23. The van der Waals surface area contributed by atoms with Gasteiger partial charge < -0.3 is 9.47 Å². The number of halogens is 1. The Bertz CT molecular complexity index is 922. The van der Waals surface area contributed by atoms with Crippen molar-refractivity contribution in [3.8, 4) is 11.4 Å². The quantitative estimate of drug-likeness (QED) is 0.582. The number of nitrogens with zero attached hydrogens (tertiary/aromatic N) is 4. The maximum atomic E-state index is 12.4. The van der Waals surface area contributed by atoms with E-state index in [4.69, 9.17) is 11.6 Å². The number of hydrogen-bond donors (Lipinski definition) is 0. The topological polar surface area (TPSA) is 51.0 Å². The molecule has 3 aromatic rings. The van der Waals surface area contributed by atoms with Crippen molar-refractivity contribution in [3.63, 3.8) is 0 Å². The van der Waals surface area contributed by atoms with Gasteiger partial charge in [0.2, 0.25) is 5.91 Å². The van der Waals surface area contributed by atoms with Gasteiger partial charge in [0.1, 0.15) is 0 Å².